The summed E-state index contributed by atoms with van der Waals surface area (Å²) in [5.74, 6) is 0.733. The van der Waals surface area contributed by atoms with Crippen molar-refractivity contribution in [3.8, 4) is 12.1 Å². The Bertz CT molecular complexity index is 1640. The summed E-state index contributed by atoms with van der Waals surface area (Å²) in [7, 11) is 2.22. The fourth-order valence-corrected chi connectivity index (χ4v) is 7.31. The molecule has 1 saturated heterocycles. The van der Waals surface area contributed by atoms with E-state index < -0.39 is 0 Å². The van der Waals surface area contributed by atoms with Crippen LogP contribution in [0.15, 0.2) is 49.1 Å². The van der Waals surface area contributed by atoms with Gasteiger partial charge in [0, 0.05) is 48.9 Å². The molecule has 0 N–H and O–H groups in total. The van der Waals surface area contributed by atoms with E-state index in [0.29, 0.717) is 44.8 Å². The van der Waals surface area contributed by atoms with Crippen molar-refractivity contribution < 1.29 is 9.53 Å². The van der Waals surface area contributed by atoms with Crippen LogP contribution in [0.25, 0.3) is 10.8 Å². The molecule has 1 aromatic heterocycles. The highest BCUT2D eigenvalue weighted by atomic mass is 16.5. The molecule has 3 aliphatic rings. The smallest absolute Gasteiger partial charge is 0.318 e. The van der Waals surface area contributed by atoms with E-state index in [1.807, 2.05) is 0 Å². The summed E-state index contributed by atoms with van der Waals surface area (Å²) in [6.45, 7) is 14.0. The van der Waals surface area contributed by atoms with Gasteiger partial charge in [0.25, 0.3) is 0 Å². The lowest BCUT2D eigenvalue weighted by Crippen LogP contribution is -2.55. The number of hydrogen-bond donors (Lipinski definition) is 0. The highest BCUT2D eigenvalue weighted by Crippen LogP contribution is 2.37. The Hall–Kier alpha value is -4.16. The molecule has 0 bridgehead atoms. The number of amides is 1. The van der Waals surface area contributed by atoms with E-state index in [9.17, 15) is 10.1 Å². The van der Waals surface area contributed by atoms with Gasteiger partial charge in [0.15, 0.2) is 0 Å². The minimum atomic E-state index is -0.238. The Morgan fingerprint density at radius 1 is 1.17 bits per heavy atom. The van der Waals surface area contributed by atoms with Gasteiger partial charge in [-0.1, -0.05) is 50.3 Å². The third-order valence-electron chi connectivity index (χ3n) is 10.8. The van der Waals surface area contributed by atoms with Crippen molar-refractivity contribution in [3.05, 3.63) is 65.9 Å². The lowest BCUT2D eigenvalue weighted by atomic mass is 9.86. The van der Waals surface area contributed by atoms with Crippen LogP contribution in [-0.2, 0) is 17.8 Å². The van der Waals surface area contributed by atoms with Gasteiger partial charge in [-0.2, -0.15) is 15.2 Å². The van der Waals surface area contributed by atoms with Gasteiger partial charge in [0.2, 0.25) is 5.91 Å². The molecule has 2 aliphatic heterocycles. The molecule has 1 aliphatic carbocycles. The monoisotopic (exact) mass is 621 g/mol. The maximum Gasteiger partial charge on any atom is 0.318 e. The average molecular weight is 622 g/mol. The van der Waals surface area contributed by atoms with Gasteiger partial charge in [0.1, 0.15) is 12.4 Å². The number of likely N-dealkylation sites (N-methyl/N-ethyl adjacent to an activating group) is 1. The van der Waals surface area contributed by atoms with Crippen LogP contribution in [0.3, 0.4) is 0 Å². The Morgan fingerprint density at radius 3 is 2.65 bits per heavy atom. The normalized spacial score (nSPS) is 19.7. The SMILES string of the molecule is C=CC(=O)N1CCN(c2nc(OC[C@](C)(CC)N(C)C3CCC3)nc3c2CCN(c2cccc4cccc(C)c24)C3)CC1CC#N. The molecule has 0 spiro atoms. The summed E-state index contributed by atoms with van der Waals surface area (Å²) in [6, 6.07) is 16.0. The molecule has 1 amide bonds. The number of rotatable bonds is 10. The van der Waals surface area contributed by atoms with Crippen LogP contribution in [0.5, 0.6) is 6.01 Å². The van der Waals surface area contributed by atoms with Crippen molar-refractivity contribution in [1.82, 2.24) is 19.8 Å². The van der Waals surface area contributed by atoms with Crippen LogP contribution in [0.4, 0.5) is 11.5 Å². The third-order valence-corrected chi connectivity index (χ3v) is 10.8. The number of carbonyl (C=O) groups is 1. The highest BCUT2D eigenvalue weighted by Gasteiger charge is 2.37. The minimum absolute atomic E-state index is 0.133. The first-order valence-corrected chi connectivity index (χ1v) is 16.8. The van der Waals surface area contributed by atoms with E-state index in [0.717, 1.165) is 36.5 Å². The summed E-state index contributed by atoms with van der Waals surface area (Å²) in [5.41, 5.74) is 4.45. The fraction of sp³-hybridized carbons (Fsp3) is 0.514. The maximum absolute atomic E-state index is 12.6. The van der Waals surface area contributed by atoms with E-state index in [-0.39, 0.29) is 23.9 Å². The molecule has 2 aromatic carbocycles. The number of aryl methyl sites for hydroxylation is 1. The van der Waals surface area contributed by atoms with E-state index in [1.165, 1.54) is 47.4 Å². The van der Waals surface area contributed by atoms with Crippen LogP contribution in [0.2, 0.25) is 0 Å². The second-order valence-electron chi connectivity index (χ2n) is 13.4. The Labute approximate surface area is 273 Å². The molecular formula is C37H47N7O2. The van der Waals surface area contributed by atoms with Crippen LogP contribution < -0.4 is 14.5 Å². The van der Waals surface area contributed by atoms with Gasteiger partial charge < -0.3 is 19.4 Å². The molecule has 3 heterocycles. The van der Waals surface area contributed by atoms with Crippen molar-refractivity contribution in [2.24, 2.45) is 0 Å². The lowest BCUT2D eigenvalue weighted by Gasteiger charge is -2.46. The predicted molar refractivity (Wildman–Crippen MR) is 183 cm³/mol. The van der Waals surface area contributed by atoms with E-state index in [4.69, 9.17) is 14.7 Å². The number of nitrogens with zero attached hydrogens (tertiary/aromatic N) is 7. The first-order chi connectivity index (χ1) is 22.3. The topological polar surface area (TPSA) is 88.8 Å². The van der Waals surface area contributed by atoms with Gasteiger partial charge in [-0.05, 0) is 69.7 Å². The van der Waals surface area contributed by atoms with Crippen molar-refractivity contribution in [1.29, 1.82) is 5.26 Å². The van der Waals surface area contributed by atoms with Crippen molar-refractivity contribution in [3.63, 3.8) is 0 Å². The molecule has 2 fully saturated rings. The summed E-state index contributed by atoms with van der Waals surface area (Å²) in [6.07, 6.45) is 7.10. The van der Waals surface area contributed by atoms with Crippen molar-refractivity contribution in [2.45, 2.75) is 83.5 Å². The van der Waals surface area contributed by atoms with Gasteiger partial charge in [-0.15, -0.1) is 0 Å². The molecule has 2 atom stereocenters. The first-order valence-electron chi connectivity index (χ1n) is 16.8. The van der Waals surface area contributed by atoms with Crippen LogP contribution in [0.1, 0.15) is 62.8 Å². The molecule has 1 saturated carbocycles. The van der Waals surface area contributed by atoms with Gasteiger partial charge >= 0.3 is 6.01 Å². The quantitative estimate of drug-likeness (QED) is 0.269. The number of ether oxygens (including phenoxy) is 1. The molecule has 9 heteroatoms. The summed E-state index contributed by atoms with van der Waals surface area (Å²) in [4.78, 5) is 31.7. The summed E-state index contributed by atoms with van der Waals surface area (Å²) < 4.78 is 6.54. The number of piperazine rings is 1. The van der Waals surface area contributed by atoms with E-state index in [2.05, 4.69) is 91.6 Å². The van der Waals surface area contributed by atoms with Gasteiger partial charge in [0.05, 0.1) is 36.3 Å². The molecule has 9 nitrogen and oxygen atoms in total. The predicted octanol–water partition coefficient (Wildman–Crippen LogP) is 5.65. The zero-order chi connectivity index (χ0) is 32.4. The fourth-order valence-electron chi connectivity index (χ4n) is 7.31. The van der Waals surface area contributed by atoms with Crippen molar-refractivity contribution >= 4 is 28.2 Å². The zero-order valence-corrected chi connectivity index (χ0v) is 27.8. The molecule has 46 heavy (non-hydrogen) atoms. The largest absolute Gasteiger partial charge is 0.461 e. The summed E-state index contributed by atoms with van der Waals surface area (Å²) in [5, 5.41) is 12.1. The number of fused-ring (bicyclic) bond motifs is 2. The second-order valence-corrected chi connectivity index (χ2v) is 13.4. The number of benzene rings is 2. The highest BCUT2D eigenvalue weighted by molar-refractivity contribution is 5.97. The number of nitriles is 1. The van der Waals surface area contributed by atoms with Crippen LogP contribution >= 0.6 is 0 Å². The molecule has 1 unspecified atom stereocenters. The summed E-state index contributed by atoms with van der Waals surface area (Å²) >= 11 is 0. The number of anilines is 2. The Balaban J connectivity index is 1.34. The lowest BCUT2D eigenvalue weighted by molar-refractivity contribution is -0.128. The number of carbonyl (C=O) groups excluding carboxylic acids is 1. The number of aromatic nitrogens is 2. The van der Waals surface area contributed by atoms with Crippen LogP contribution in [0, 0.1) is 18.3 Å². The van der Waals surface area contributed by atoms with Gasteiger partial charge in [-0.3, -0.25) is 9.69 Å². The molecular weight excluding hydrogens is 574 g/mol. The van der Waals surface area contributed by atoms with E-state index >= 15 is 0 Å². The second kappa shape index (κ2) is 13.3. The Kier molecular flexibility index (Phi) is 9.19. The first kappa shape index (κ1) is 31.8. The molecule has 6 rings (SSSR count). The zero-order valence-electron chi connectivity index (χ0n) is 27.8. The van der Waals surface area contributed by atoms with Crippen LogP contribution in [-0.4, -0.2) is 83.1 Å². The molecule has 3 aromatic rings. The average Bonchev–Trinajstić information content (AvgIpc) is 3.05. The Morgan fingerprint density at radius 2 is 1.96 bits per heavy atom. The molecule has 242 valence electrons. The molecule has 0 radical (unpaired) electrons. The minimum Gasteiger partial charge on any atom is -0.461 e. The maximum atomic E-state index is 12.6. The standard InChI is InChI=1S/C37H47N7O2/c1-6-33(45)44-22-21-43(23-29(44)17-19-38)35-30-18-20-42(32-16-9-13-27-12-8-11-26(3)34(27)32)24-31(30)39-36(40-35)46-25-37(4,7-2)41(5)28-14-10-15-28/h6,8-9,11-13,16,28-29H,1,7,10,14-15,17-18,20-25H2,2-5H3/t29?,37-/m0/s1. The van der Waals surface area contributed by atoms with Crippen molar-refractivity contribution in [2.75, 3.05) is 49.6 Å². The third kappa shape index (κ3) is 6.03. The number of hydrogen-bond acceptors (Lipinski definition) is 8. The van der Waals surface area contributed by atoms with Gasteiger partial charge in [-0.25, -0.2) is 0 Å². The van der Waals surface area contributed by atoms with E-state index in [1.54, 1.807) is 4.90 Å².